The SMILES string of the molecule is CC(C)(C)NC(=O)COC(=O)[C@H](Cc1ccccc1)NS(=O)(=O)c1ccccc1F. The van der Waals surface area contributed by atoms with E-state index in [1.807, 2.05) is 0 Å². The van der Waals surface area contributed by atoms with E-state index in [0.717, 1.165) is 12.1 Å². The largest absolute Gasteiger partial charge is 0.454 e. The summed E-state index contributed by atoms with van der Waals surface area (Å²) in [5.41, 5.74) is 0.147. The van der Waals surface area contributed by atoms with Crippen LogP contribution in [0.4, 0.5) is 4.39 Å². The molecule has 0 unspecified atom stereocenters. The molecule has 9 heteroatoms. The van der Waals surface area contributed by atoms with Crippen molar-refractivity contribution in [2.24, 2.45) is 0 Å². The average Bonchev–Trinajstić information content (AvgIpc) is 2.65. The van der Waals surface area contributed by atoms with E-state index in [0.29, 0.717) is 5.56 Å². The zero-order chi connectivity index (χ0) is 22.4. The predicted molar refractivity (Wildman–Crippen MR) is 110 cm³/mol. The molecule has 1 atom stereocenters. The topological polar surface area (TPSA) is 102 Å². The number of hydrogen-bond donors (Lipinski definition) is 2. The molecule has 0 bridgehead atoms. The number of ether oxygens (including phenoxy) is 1. The van der Waals surface area contributed by atoms with E-state index < -0.39 is 50.8 Å². The number of carbonyl (C=O) groups excluding carboxylic acids is 2. The fraction of sp³-hybridized carbons (Fsp3) is 0.333. The van der Waals surface area contributed by atoms with E-state index in [-0.39, 0.29) is 6.42 Å². The Labute approximate surface area is 175 Å². The summed E-state index contributed by atoms with van der Waals surface area (Å²) in [5.74, 6) is -2.41. The molecule has 0 aromatic heterocycles. The van der Waals surface area contributed by atoms with Crippen molar-refractivity contribution in [1.82, 2.24) is 10.0 Å². The Morgan fingerprint density at radius 2 is 1.63 bits per heavy atom. The van der Waals surface area contributed by atoms with Crippen LogP contribution in [0.15, 0.2) is 59.5 Å². The Balaban J connectivity index is 2.19. The van der Waals surface area contributed by atoms with Crippen molar-refractivity contribution in [2.45, 2.75) is 43.7 Å². The molecule has 0 heterocycles. The molecule has 0 spiro atoms. The van der Waals surface area contributed by atoms with Crippen molar-refractivity contribution in [3.05, 3.63) is 66.0 Å². The van der Waals surface area contributed by atoms with E-state index in [2.05, 4.69) is 10.0 Å². The van der Waals surface area contributed by atoms with Crippen LogP contribution in [0.2, 0.25) is 0 Å². The standard InChI is InChI=1S/C21H25FN2O5S/c1-21(2,3)23-19(25)14-29-20(26)17(13-15-9-5-4-6-10-15)24-30(27,28)18-12-8-7-11-16(18)22/h4-12,17,24H,13-14H2,1-3H3,(H,23,25)/t17-/m0/s1. The number of halogens is 1. The van der Waals surface area contributed by atoms with Crippen molar-refractivity contribution in [3.8, 4) is 0 Å². The quantitative estimate of drug-likeness (QED) is 0.618. The Morgan fingerprint density at radius 1 is 1.03 bits per heavy atom. The van der Waals surface area contributed by atoms with Crippen LogP contribution in [0.3, 0.4) is 0 Å². The summed E-state index contributed by atoms with van der Waals surface area (Å²) >= 11 is 0. The molecule has 0 fully saturated rings. The molecule has 0 aliphatic carbocycles. The first-order chi connectivity index (χ1) is 14.0. The normalized spacial score (nSPS) is 12.8. The average molecular weight is 437 g/mol. The number of carbonyl (C=O) groups is 2. The minimum Gasteiger partial charge on any atom is -0.454 e. The third-order valence-electron chi connectivity index (χ3n) is 3.85. The Kier molecular flexibility index (Phi) is 7.69. The summed E-state index contributed by atoms with van der Waals surface area (Å²) in [4.78, 5) is 23.9. The van der Waals surface area contributed by atoms with Gasteiger partial charge in [0.1, 0.15) is 16.8 Å². The van der Waals surface area contributed by atoms with Crippen molar-refractivity contribution in [3.63, 3.8) is 0 Å². The smallest absolute Gasteiger partial charge is 0.325 e. The van der Waals surface area contributed by atoms with E-state index in [9.17, 15) is 22.4 Å². The number of esters is 1. The van der Waals surface area contributed by atoms with Crippen molar-refractivity contribution >= 4 is 21.9 Å². The second-order valence-electron chi connectivity index (χ2n) is 7.70. The van der Waals surface area contributed by atoms with Crippen LogP contribution >= 0.6 is 0 Å². The van der Waals surface area contributed by atoms with Gasteiger partial charge in [-0.15, -0.1) is 0 Å². The molecule has 0 saturated heterocycles. The van der Waals surface area contributed by atoms with Gasteiger partial charge in [-0.05, 0) is 44.9 Å². The van der Waals surface area contributed by atoms with Gasteiger partial charge in [0.25, 0.3) is 5.91 Å². The maximum atomic E-state index is 14.0. The molecule has 2 aromatic carbocycles. The third kappa shape index (κ3) is 7.23. The Hall–Kier alpha value is -2.78. The fourth-order valence-corrected chi connectivity index (χ4v) is 3.89. The number of amides is 1. The molecular formula is C21H25FN2O5S. The van der Waals surface area contributed by atoms with Gasteiger partial charge < -0.3 is 10.1 Å². The van der Waals surface area contributed by atoms with Crippen LogP contribution in [0.1, 0.15) is 26.3 Å². The van der Waals surface area contributed by atoms with Crippen LogP contribution in [0.25, 0.3) is 0 Å². The van der Waals surface area contributed by atoms with Crippen LogP contribution < -0.4 is 10.0 Å². The summed E-state index contributed by atoms with van der Waals surface area (Å²) in [6.45, 7) is 4.75. The minimum atomic E-state index is -4.35. The Bertz CT molecular complexity index is 988. The van der Waals surface area contributed by atoms with Crippen molar-refractivity contribution in [1.29, 1.82) is 0 Å². The molecule has 0 radical (unpaired) electrons. The number of hydrogen-bond acceptors (Lipinski definition) is 5. The molecule has 0 saturated carbocycles. The fourth-order valence-electron chi connectivity index (χ4n) is 2.63. The molecule has 7 nitrogen and oxygen atoms in total. The van der Waals surface area contributed by atoms with Crippen molar-refractivity contribution < 1.29 is 27.1 Å². The van der Waals surface area contributed by atoms with Gasteiger partial charge >= 0.3 is 5.97 Å². The lowest BCUT2D eigenvalue weighted by atomic mass is 10.1. The monoisotopic (exact) mass is 436 g/mol. The number of benzene rings is 2. The Morgan fingerprint density at radius 3 is 2.23 bits per heavy atom. The zero-order valence-electron chi connectivity index (χ0n) is 17.0. The molecule has 30 heavy (non-hydrogen) atoms. The number of sulfonamides is 1. The molecule has 162 valence electrons. The lowest BCUT2D eigenvalue weighted by molar-refractivity contribution is -0.150. The lowest BCUT2D eigenvalue weighted by Crippen LogP contribution is -2.46. The summed E-state index contributed by atoms with van der Waals surface area (Å²) in [6.07, 6.45) is -0.0335. The van der Waals surface area contributed by atoms with Gasteiger partial charge in [-0.25, -0.2) is 12.8 Å². The first-order valence-electron chi connectivity index (χ1n) is 9.26. The maximum Gasteiger partial charge on any atom is 0.325 e. The van der Waals surface area contributed by atoms with E-state index in [4.69, 9.17) is 4.74 Å². The van der Waals surface area contributed by atoms with Gasteiger partial charge in [-0.2, -0.15) is 4.72 Å². The maximum absolute atomic E-state index is 14.0. The summed E-state index contributed by atoms with van der Waals surface area (Å²) in [7, 11) is -4.35. The lowest BCUT2D eigenvalue weighted by Gasteiger charge is -2.21. The van der Waals surface area contributed by atoms with Crippen molar-refractivity contribution in [2.75, 3.05) is 6.61 Å². The van der Waals surface area contributed by atoms with E-state index >= 15 is 0 Å². The second-order valence-corrected chi connectivity index (χ2v) is 9.38. The predicted octanol–water partition coefficient (Wildman–Crippen LogP) is 2.17. The van der Waals surface area contributed by atoms with Gasteiger partial charge in [0.05, 0.1) is 0 Å². The number of nitrogens with one attached hydrogen (secondary N) is 2. The highest BCUT2D eigenvalue weighted by Gasteiger charge is 2.29. The van der Waals surface area contributed by atoms with Crippen LogP contribution in [-0.2, 0) is 30.8 Å². The second kappa shape index (κ2) is 9.82. The molecule has 2 rings (SSSR count). The van der Waals surface area contributed by atoms with E-state index in [1.165, 1.54) is 12.1 Å². The van der Waals surface area contributed by atoms with Crippen LogP contribution in [-0.4, -0.2) is 38.5 Å². The first kappa shape index (κ1) is 23.5. The first-order valence-corrected chi connectivity index (χ1v) is 10.7. The highest BCUT2D eigenvalue weighted by molar-refractivity contribution is 7.89. The van der Waals surface area contributed by atoms with Crippen LogP contribution in [0, 0.1) is 5.82 Å². The van der Waals surface area contributed by atoms with Gasteiger partial charge in [-0.3, -0.25) is 9.59 Å². The highest BCUT2D eigenvalue weighted by atomic mass is 32.2. The molecule has 0 aliphatic rings. The highest BCUT2D eigenvalue weighted by Crippen LogP contribution is 2.15. The zero-order valence-corrected chi connectivity index (χ0v) is 17.8. The molecule has 2 aromatic rings. The molecule has 1 amide bonds. The summed E-state index contributed by atoms with van der Waals surface area (Å²) in [6, 6.07) is 12.2. The minimum absolute atomic E-state index is 0.0335. The van der Waals surface area contributed by atoms with E-state index in [1.54, 1.807) is 51.1 Å². The van der Waals surface area contributed by atoms with Gasteiger partial charge in [0.2, 0.25) is 10.0 Å². The molecule has 0 aliphatic heterocycles. The van der Waals surface area contributed by atoms with Crippen LogP contribution in [0.5, 0.6) is 0 Å². The summed E-state index contributed by atoms with van der Waals surface area (Å²) < 4.78 is 46.5. The molecule has 2 N–H and O–H groups in total. The summed E-state index contributed by atoms with van der Waals surface area (Å²) in [5, 5.41) is 2.64. The third-order valence-corrected chi connectivity index (χ3v) is 5.36. The van der Waals surface area contributed by atoms with Gasteiger partial charge in [0.15, 0.2) is 6.61 Å². The number of rotatable bonds is 8. The molecular weight excluding hydrogens is 411 g/mol. The van der Waals surface area contributed by atoms with Gasteiger partial charge in [0, 0.05) is 5.54 Å². The van der Waals surface area contributed by atoms with Gasteiger partial charge in [-0.1, -0.05) is 42.5 Å².